The molecule has 0 aliphatic rings. The molecule has 1 unspecified atom stereocenters. The van der Waals surface area contributed by atoms with E-state index in [0.717, 1.165) is 21.3 Å². The minimum Gasteiger partial charge on any atom is -0.495 e. The second-order valence-electron chi connectivity index (χ2n) is 7.91. The molecule has 186 valence electrons. The predicted molar refractivity (Wildman–Crippen MR) is 137 cm³/mol. The summed E-state index contributed by atoms with van der Waals surface area (Å²) < 4.78 is 26.9. The number of halogens is 1. The van der Waals surface area contributed by atoms with Gasteiger partial charge in [-0.25, -0.2) is 9.37 Å². The highest BCUT2D eigenvalue weighted by atomic mass is 32.1. The number of pyridine rings is 1. The van der Waals surface area contributed by atoms with Crippen molar-refractivity contribution in [1.82, 2.24) is 15.0 Å². The van der Waals surface area contributed by atoms with Gasteiger partial charge < -0.3 is 25.5 Å². The van der Waals surface area contributed by atoms with Crippen molar-refractivity contribution in [3.63, 3.8) is 0 Å². The summed E-state index contributed by atoms with van der Waals surface area (Å²) in [6.07, 6.45) is 4.91. The maximum absolute atomic E-state index is 15.1. The third-order valence-corrected chi connectivity index (χ3v) is 6.71. The Balaban J connectivity index is 1.41. The molecule has 5 rings (SSSR count). The first kappa shape index (κ1) is 23.9. The topological polar surface area (TPSA) is 132 Å². The molecule has 0 bridgehead atoms. The molecule has 1 atom stereocenters. The molecule has 4 N–H and O–H groups in total. The number of hydrogen-bond donors (Lipinski definition) is 3. The van der Waals surface area contributed by atoms with Gasteiger partial charge in [0.1, 0.15) is 17.4 Å². The van der Waals surface area contributed by atoms with Crippen LogP contribution in [0.2, 0.25) is 0 Å². The minimum absolute atomic E-state index is 0.0840. The van der Waals surface area contributed by atoms with Crippen molar-refractivity contribution in [3.8, 4) is 27.8 Å². The molecule has 0 aliphatic carbocycles. The number of rotatable bonds is 8. The van der Waals surface area contributed by atoms with E-state index in [4.69, 9.17) is 15.2 Å². The molecule has 0 fully saturated rings. The first-order valence-electron chi connectivity index (χ1n) is 11.0. The van der Waals surface area contributed by atoms with Crippen molar-refractivity contribution in [2.45, 2.75) is 5.92 Å². The van der Waals surface area contributed by atoms with E-state index in [-0.39, 0.29) is 11.3 Å². The number of benzene rings is 2. The van der Waals surface area contributed by atoms with Gasteiger partial charge in [0.05, 0.1) is 39.9 Å². The fourth-order valence-corrected chi connectivity index (χ4v) is 4.85. The number of carbonyl (C=O) groups excluding carboxylic acids is 2. The molecule has 0 saturated carbocycles. The first-order valence-corrected chi connectivity index (χ1v) is 11.8. The monoisotopic (exact) mass is 517 g/mol. The zero-order valence-corrected chi connectivity index (χ0v) is 20.2. The molecule has 5 aromatic rings. The number of nitrogens with two attached hydrogens (primary N) is 1. The van der Waals surface area contributed by atoms with Gasteiger partial charge in [0.25, 0.3) is 0 Å². The average Bonchev–Trinajstić information content (AvgIpc) is 3.56. The van der Waals surface area contributed by atoms with Crippen LogP contribution in [0.3, 0.4) is 0 Å². The summed E-state index contributed by atoms with van der Waals surface area (Å²) in [4.78, 5) is 37.5. The first-order chi connectivity index (χ1) is 17.9. The average molecular weight is 518 g/mol. The van der Waals surface area contributed by atoms with Gasteiger partial charge in [-0.2, -0.15) is 0 Å². The van der Waals surface area contributed by atoms with Gasteiger partial charge in [0, 0.05) is 18.5 Å². The minimum atomic E-state index is -1.44. The van der Waals surface area contributed by atoms with Gasteiger partial charge in [0.15, 0.2) is 11.6 Å². The van der Waals surface area contributed by atoms with Gasteiger partial charge in [-0.05, 0) is 35.9 Å². The summed E-state index contributed by atoms with van der Waals surface area (Å²) in [5.41, 5.74) is 7.39. The Morgan fingerprint density at radius 2 is 1.92 bits per heavy atom. The number of ether oxygens (including phenoxy) is 2. The van der Waals surface area contributed by atoms with E-state index in [0.29, 0.717) is 22.7 Å². The number of thiophene rings is 1. The Hall–Kier alpha value is -4.77. The zero-order chi connectivity index (χ0) is 25.9. The number of carbonyl (C=O) groups is 2. The summed E-state index contributed by atoms with van der Waals surface area (Å²) in [7, 11) is 1.45. The van der Waals surface area contributed by atoms with E-state index < -0.39 is 23.5 Å². The largest absolute Gasteiger partial charge is 0.495 e. The number of para-hydroxylation sites is 2. The van der Waals surface area contributed by atoms with Crippen molar-refractivity contribution in [2.75, 3.05) is 12.4 Å². The van der Waals surface area contributed by atoms with Crippen LogP contribution in [-0.4, -0.2) is 33.9 Å². The second kappa shape index (κ2) is 10.1. The van der Waals surface area contributed by atoms with Gasteiger partial charge in [-0.15, -0.1) is 11.3 Å². The standard InChI is InChI=1S/C26H20FN5O4S/c1-35-20-5-3-2-4-16(20)32-26(34)23(25(28)33)14-6-7-19(15(27)10-14)36-21-8-9-30-17-11-22(37-24(17)21)18-12-29-13-31-18/h2-13,23H,1H3,(H2,28,33)(H,29,31)(H,32,34). The third kappa shape index (κ3) is 4.84. The molecule has 2 aromatic carbocycles. The highest BCUT2D eigenvalue weighted by Crippen LogP contribution is 2.39. The number of nitrogens with zero attached hydrogens (tertiary/aromatic N) is 2. The number of nitrogens with one attached hydrogen (secondary N) is 2. The Morgan fingerprint density at radius 1 is 1.08 bits per heavy atom. The fourth-order valence-electron chi connectivity index (χ4n) is 3.81. The Kier molecular flexibility index (Phi) is 6.52. The number of amides is 2. The molecule has 11 heteroatoms. The van der Waals surface area contributed by atoms with E-state index >= 15 is 4.39 Å². The summed E-state index contributed by atoms with van der Waals surface area (Å²) in [6, 6.07) is 14.1. The van der Waals surface area contributed by atoms with Crippen LogP contribution in [-0.2, 0) is 9.59 Å². The smallest absolute Gasteiger partial charge is 0.241 e. The maximum atomic E-state index is 15.1. The molecular formula is C26H20FN5O4S. The third-order valence-electron chi connectivity index (χ3n) is 5.55. The lowest BCUT2D eigenvalue weighted by Crippen LogP contribution is -2.32. The quantitative estimate of drug-likeness (QED) is 0.253. The predicted octanol–water partition coefficient (Wildman–Crippen LogP) is 4.83. The van der Waals surface area contributed by atoms with Crippen LogP contribution < -0.4 is 20.5 Å². The van der Waals surface area contributed by atoms with Crippen LogP contribution in [0.25, 0.3) is 20.8 Å². The van der Waals surface area contributed by atoms with E-state index in [2.05, 4.69) is 20.3 Å². The summed E-state index contributed by atoms with van der Waals surface area (Å²) in [5, 5.41) is 2.62. The van der Waals surface area contributed by atoms with E-state index in [9.17, 15) is 9.59 Å². The van der Waals surface area contributed by atoms with Gasteiger partial charge >= 0.3 is 0 Å². The second-order valence-corrected chi connectivity index (χ2v) is 8.96. The van der Waals surface area contributed by atoms with Crippen molar-refractivity contribution in [2.24, 2.45) is 5.73 Å². The van der Waals surface area contributed by atoms with Crippen molar-refractivity contribution in [3.05, 3.63) is 84.7 Å². The Labute approximate surface area is 214 Å². The molecule has 37 heavy (non-hydrogen) atoms. The highest BCUT2D eigenvalue weighted by molar-refractivity contribution is 7.22. The number of hydrogen-bond acceptors (Lipinski definition) is 7. The highest BCUT2D eigenvalue weighted by Gasteiger charge is 2.28. The van der Waals surface area contributed by atoms with Crippen LogP contribution in [0.4, 0.5) is 10.1 Å². The number of aromatic nitrogens is 3. The molecule has 3 aromatic heterocycles. The summed E-state index contributed by atoms with van der Waals surface area (Å²) in [6.45, 7) is 0. The van der Waals surface area contributed by atoms with Crippen LogP contribution >= 0.6 is 11.3 Å². The summed E-state index contributed by atoms with van der Waals surface area (Å²) in [5.74, 6) is -3.12. The van der Waals surface area contributed by atoms with Gasteiger partial charge in [0.2, 0.25) is 11.8 Å². The Bertz CT molecular complexity index is 1600. The van der Waals surface area contributed by atoms with Crippen LogP contribution in [0.5, 0.6) is 17.2 Å². The molecule has 0 saturated heterocycles. The molecule has 2 amide bonds. The molecule has 3 heterocycles. The van der Waals surface area contributed by atoms with Crippen LogP contribution in [0, 0.1) is 5.82 Å². The molecule has 0 radical (unpaired) electrons. The van der Waals surface area contributed by atoms with E-state index in [1.54, 1.807) is 49.1 Å². The number of H-pyrrole nitrogens is 1. The van der Waals surface area contributed by atoms with E-state index in [1.807, 2.05) is 6.07 Å². The normalized spacial score (nSPS) is 11.7. The van der Waals surface area contributed by atoms with Crippen LogP contribution in [0.1, 0.15) is 11.5 Å². The van der Waals surface area contributed by atoms with E-state index in [1.165, 1.54) is 30.6 Å². The van der Waals surface area contributed by atoms with Crippen molar-refractivity contribution in [1.29, 1.82) is 0 Å². The van der Waals surface area contributed by atoms with Gasteiger partial charge in [-0.3, -0.25) is 14.6 Å². The van der Waals surface area contributed by atoms with Crippen LogP contribution in [0.15, 0.2) is 73.3 Å². The lowest BCUT2D eigenvalue weighted by Gasteiger charge is -2.16. The number of methoxy groups -OCH3 is 1. The number of primary amides is 1. The number of anilines is 1. The molecule has 0 aliphatic heterocycles. The lowest BCUT2D eigenvalue weighted by molar-refractivity contribution is -0.127. The Morgan fingerprint density at radius 3 is 2.65 bits per heavy atom. The maximum Gasteiger partial charge on any atom is 0.241 e. The number of fused-ring (bicyclic) bond motifs is 1. The zero-order valence-electron chi connectivity index (χ0n) is 19.4. The van der Waals surface area contributed by atoms with Gasteiger partial charge in [-0.1, -0.05) is 18.2 Å². The number of aromatic amines is 1. The SMILES string of the molecule is COc1ccccc1NC(=O)C(C(N)=O)c1ccc(Oc2ccnc3cc(-c4c[nH]cn4)sc23)c(F)c1. The van der Waals surface area contributed by atoms with Crippen molar-refractivity contribution < 1.29 is 23.5 Å². The molecule has 9 nitrogen and oxygen atoms in total. The molecule has 0 spiro atoms. The fraction of sp³-hybridized carbons (Fsp3) is 0.0769. The lowest BCUT2D eigenvalue weighted by atomic mass is 9.97. The molecular weight excluding hydrogens is 497 g/mol. The van der Waals surface area contributed by atoms with Crippen molar-refractivity contribution >= 4 is 39.1 Å². The number of imidazole rings is 1. The summed E-state index contributed by atoms with van der Waals surface area (Å²) >= 11 is 1.41.